The zero-order valence-corrected chi connectivity index (χ0v) is 29.1. The van der Waals surface area contributed by atoms with Crippen LogP contribution in [0.5, 0.6) is 5.75 Å². The molecule has 1 unspecified atom stereocenters. The average molecular weight is 671 g/mol. The highest BCUT2D eigenvalue weighted by molar-refractivity contribution is 7.89. The number of nitrogens with one attached hydrogen (secondary N) is 1. The summed E-state index contributed by atoms with van der Waals surface area (Å²) in [6.07, 6.45) is 5.47. The van der Waals surface area contributed by atoms with E-state index in [2.05, 4.69) is 27.1 Å². The highest BCUT2D eigenvalue weighted by Crippen LogP contribution is 2.33. The van der Waals surface area contributed by atoms with Gasteiger partial charge in [-0.3, -0.25) is 19.5 Å². The molecule has 0 bridgehead atoms. The lowest BCUT2D eigenvalue weighted by molar-refractivity contribution is -0.139. The van der Waals surface area contributed by atoms with Crippen LogP contribution in [0.15, 0.2) is 41.4 Å². The largest absolute Gasteiger partial charge is 0.497 e. The summed E-state index contributed by atoms with van der Waals surface area (Å²) in [6.45, 7) is 9.42. The number of benzene rings is 1. The number of aryl methyl sites for hydroxylation is 2. The number of likely N-dealkylation sites (tertiary alicyclic amines) is 1. The first kappa shape index (κ1) is 35.2. The number of carbonyl (C=O) groups is 2. The van der Waals surface area contributed by atoms with Crippen molar-refractivity contribution >= 4 is 21.8 Å². The lowest BCUT2D eigenvalue weighted by Crippen LogP contribution is -2.64. The van der Waals surface area contributed by atoms with Crippen molar-refractivity contribution in [2.24, 2.45) is 0 Å². The normalized spacial score (nSPS) is 21.4. The van der Waals surface area contributed by atoms with E-state index in [9.17, 15) is 18.0 Å². The average Bonchev–Trinajstić information content (AvgIpc) is 3.07. The summed E-state index contributed by atoms with van der Waals surface area (Å²) < 4.78 is 40.6. The Hall–Kier alpha value is -3.10. The summed E-state index contributed by atoms with van der Waals surface area (Å²) in [5.74, 6) is 0.340. The Morgan fingerprint density at radius 1 is 1.00 bits per heavy atom. The minimum atomic E-state index is -3.76. The van der Waals surface area contributed by atoms with Crippen molar-refractivity contribution in [3.05, 3.63) is 53.3 Å². The maximum atomic E-state index is 13.9. The van der Waals surface area contributed by atoms with E-state index in [1.54, 1.807) is 61.8 Å². The third-order valence-corrected chi connectivity index (χ3v) is 12.3. The third kappa shape index (κ3) is 8.14. The molecule has 13 heteroatoms. The van der Waals surface area contributed by atoms with Gasteiger partial charge in [0.05, 0.1) is 18.6 Å². The zero-order chi connectivity index (χ0) is 33.6. The number of nitrogens with zero attached hydrogens (tertiary/aromatic N) is 5. The molecule has 1 aromatic carbocycles. The van der Waals surface area contributed by atoms with Crippen molar-refractivity contribution < 1.29 is 27.5 Å². The minimum Gasteiger partial charge on any atom is -0.497 e. The highest BCUT2D eigenvalue weighted by Gasteiger charge is 2.42. The van der Waals surface area contributed by atoms with Gasteiger partial charge in [-0.15, -0.1) is 0 Å². The van der Waals surface area contributed by atoms with E-state index in [1.807, 2.05) is 4.90 Å². The Labute approximate surface area is 279 Å². The maximum absolute atomic E-state index is 13.9. The Balaban J connectivity index is 1.18. The first-order chi connectivity index (χ1) is 22.5. The highest BCUT2D eigenvalue weighted by atomic mass is 32.2. The van der Waals surface area contributed by atoms with Crippen molar-refractivity contribution in [3.63, 3.8) is 0 Å². The molecule has 4 heterocycles. The number of piperidine rings is 2. The lowest BCUT2D eigenvalue weighted by atomic mass is 9.84. The van der Waals surface area contributed by atoms with Crippen LogP contribution in [-0.4, -0.2) is 136 Å². The Bertz CT molecular complexity index is 1470. The smallest absolute Gasteiger partial charge is 0.269 e. The van der Waals surface area contributed by atoms with Gasteiger partial charge in [-0.05, 0) is 82.0 Å². The van der Waals surface area contributed by atoms with E-state index < -0.39 is 10.0 Å². The molecule has 3 aliphatic heterocycles. The summed E-state index contributed by atoms with van der Waals surface area (Å²) in [7, 11) is -0.0727. The number of likely N-dealkylation sites (N-methyl/N-ethyl adjacent to an activating group) is 1. The lowest BCUT2D eigenvalue weighted by Gasteiger charge is -2.51. The molecule has 5 rings (SSSR count). The van der Waals surface area contributed by atoms with Crippen LogP contribution >= 0.6 is 0 Å². The zero-order valence-electron chi connectivity index (χ0n) is 28.2. The van der Waals surface area contributed by atoms with Crippen LogP contribution in [0, 0.1) is 13.8 Å². The Morgan fingerprint density at radius 3 is 2.34 bits per heavy atom. The van der Waals surface area contributed by atoms with E-state index in [0.717, 1.165) is 51.9 Å². The second-order valence-electron chi connectivity index (χ2n) is 13.2. The molecule has 1 aromatic heterocycles. The molecule has 3 aliphatic rings. The second kappa shape index (κ2) is 15.4. The number of methoxy groups -OCH3 is 1. The Morgan fingerprint density at radius 2 is 1.70 bits per heavy atom. The van der Waals surface area contributed by atoms with Crippen molar-refractivity contribution in [2.75, 3.05) is 79.7 Å². The monoisotopic (exact) mass is 670 g/mol. The number of sulfonamides is 1. The van der Waals surface area contributed by atoms with Crippen LogP contribution in [0.1, 0.15) is 53.7 Å². The summed E-state index contributed by atoms with van der Waals surface area (Å²) in [6, 6.07) is 8.46. The van der Waals surface area contributed by atoms with Crippen molar-refractivity contribution in [1.29, 1.82) is 0 Å². The predicted molar refractivity (Wildman–Crippen MR) is 179 cm³/mol. The molecule has 0 spiro atoms. The van der Waals surface area contributed by atoms with E-state index in [1.165, 1.54) is 0 Å². The van der Waals surface area contributed by atoms with Gasteiger partial charge >= 0.3 is 0 Å². The molecule has 3 fully saturated rings. The standard InChI is InChI=1S/C34H50N6O6S/c1-26-21-29(45-4)22-27(2)32(26)47(43,44)40-14-8-6-9-28(40)23-46-24-31(41)38-15-11-34(12-16-38,39-19-17-37(3)18-20-39)25-36-33(42)30-10-5-7-13-35-30/h5,7,10,13,21-22,28H,6,8-9,11-12,14-20,23-25H2,1-4H3,(H,36,42). The van der Waals surface area contributed by atoms with Crippen LogP contribution in [0.2, 0.25) is 0 Å². The molecule has 1 N–H and O–H groups in total. The molecule has 12 nitrogen and oxygen atoms in total. The number of carbonyl (C=O) groups excluding carboxylic acids is 2. The number of piperazine rings is 1. The van der Waals surface area contributed by atoms with Crippen molar-refractivity contribution in [2.45, 2.75) is 62.4 Å². The molecule has 3 saturated heterocycles. The molecule has 0 radical (unpaired) electrons. The minimum absolute atomic E-state index is 0.0943. The Kier molecular flexibility index (Phi) is 11.5. The number of aromatic nitrogens is 1. The SMILES string of the molecule is COc1cc(C)c(S(=O)(=O)N2CCCCC2COCC(=O)N2CCC(CNC(=O)c3ccccn3)(N3CCN(C)CC3)CC2)c(C)c1. The van der Waals surface area contributed by atoms with Gasteiger partial charge < -0.3 is 24.6 Å². The summed E-state index contributed by atoms with van der Waals surface area (Å²) >= 11 is 0. The van der Waals surface area contributed by atoms with Crippen LogP contribution in [0.25, 0.3) is 0 Å². The van der Waals surface area contributed by atoms with Gasteiger partial charge in [0.15, 0.2) is 0 Å². The molecule has 47 heavy (non-hydrogen) atoms. The van der Waals surface area contributed by atoms with Gasteiger partial charge in [-0.2, -0.15) is 4.31 Å². The van der Waals surface area contributed by atoms with E-state index >= 15 is 0 Å². The molecular weight excluding hydrogens is 620 g/mol. The maximum Gasteiger partial charge on any atom is 0.269 e. The van der Waals surface area contributed by atoms with Gasteiger partial charge in [-0.1, -0.05) is 12.5 Å². The topological polar surface area (TPSA) is 125 Å². The first-order valence-corrected chi connectivity index (χ1v) is 18.1. The van der Waals surface area contributed by atoms with E-state index in [0.29, 0.717) is 60.1 Å². The fourth-order valence-electron chi connectivity index (χ4n) is 7.27. The van der Waals surface area contributed by atoms with Gasteiger partial charge in [0.2, 0.25) is 15.9 Å². The van der Waals surface area contributed by atoms with E-state index in [-0.39, 0.29) is 36.6 Å². The molecule has 0 saturated carbocycles. The van der Waals surface area contributed by atoms with Gasteiger partial charge in [0, 0.05) is 70.1 Å². The molecule has 0 aliphatic carbocycles. The molecular formula is C34H50N6O6S. The van der Waals surface area contributed by atoms with Gasteiger partial charge in [0.1, 0.15) is 18.1 Å². The quantitative estimate of drug-likeness (QED) is 0.384. The summed E-state index contributed by atoms with van der Waals surface area (Å²) in [4.78, 5) is 37.4. The first-order valence-electron chi connectivity index (χ1n) is 16.7. The van der Waals surface area contributed by atoms with Crippen LogP contribution < -0.4 is 10.1 Å². The van der Waals surface area contributed by atoms with Gasteiger partial charge in [-0.25, -0.2) is 8.42 Å². The number of amides is 2. The van der Waals surface area contributed by atoms with Crippen LogP contribution in [0.3, 0.4) is 0 Å². The number of pyridine rings is 1. The van der Waals surface area contributed by atoms with Crippen molar-refractivity contribution in [3.8, 4) is 5.75 Å². The van der Waals surface area contributed by atoms with Crippen LogP contribution in [-0.2, 0) is 19.6 Å². The summed E-state index contributed by atoms with van der Waals surface area (Å²) in [5, 5.41) is 3.13. The fourth-order valence-corrected chi connectivity index (χ4v) is 9.37. The number of ether oxygens (including phenoxy) is 2. The van der Waals surface area contributed by atoms with E-state index in [4.69, 9.17) is 9.47 Å². The number of hydrogen-bond donors (Lipinski definition) is 1. The molecule has 2 amide bonds. The summed E-state index contributed by atoms with van der Waals surface area (Å²) in [5.41, 5.74) is 1.44. The third-order valence-electron chi connectivity index (χ3n) is 10.0. The van der Waals surface area contributed by atoms with Crippen molar-refractivity contribution in [1.82, 2.24) is 29.3 Å². The molecule has 2 aromatic rings. The molecule has 258 valence electrons. The van der Waals surface area contributed by atoms with Crippen LogP contribution in [0.4, 0.5) is 0 Å². The van der Waals surface area contributed by atoms with Gasteiger partial charge in [0.25, 0.3) is 5.91 Å². The predicted octanol–water partition coefficient (Wildman–Crippen LogP) is 2.31. The fraction of sp³-hybridized carbons (Fsp3) is 0.618. The number of hydrogen-bond acceptors (Lipinski definition) is 9. The number of rotatable bonds is 11. The molecule has 1 atom stereocenters. The second-order valence-corrected chi connectivity index (χ2v) is 15.0.